The van der Waals surface area contributed by atoms with Gasteiger partial charge in [0.2, 0.25) is 5.91 Å². The van der Waals surface area contributed by atoms with E-state index in [4.69, 9.17) is 9.47 Å². The zero-order chi connectivity index (χ0) is 16.9. The number of benzene rings is 1. The van der Waals surface area contributed by atoms with Gasteiger partial charge in [-0.3, -0.25) is 9.48 Å². The number of methoxy groups -OCH3 is 1. The number of hydrogen-bond donors (Lipinski definition) is 0. The molecule has 0 saturated carbocycles. The maximum absolute atomic E-state index is 12.8. The summed E-state index contributed by atoms with van der Waals surface area (Å²) in [6.07, 6.45) is 4.36. The Morgan fingerprint density at radius 2 is 2.38 bits per heavy atom. The van der Waals surface area contributed by atoms with E-state index in [1.807, 2.05) is 47.0 Å². The number of amides is 1. The SMILES string of the molecule is CCN(CCn1cccn1)C(=O)[C@@H]1COc2cc(OC)ccc2C1. The van der Waals surface area contributed by atoms with E-state index < -0.39 is 0 Å². The van der Waals surface area contributed by atoms with Gasteiger partial charge in [0, 0.05) is 31.5 Å². The largest absolute Gasteiger partial charge is 0.497 e. The van der Waals surface area contributed by atoms with Crippen molar-refractivity contribution in [1.82, 2.24) is 14.7 Å². The van der Waals surface area contributed by atoms with Crippen molar-refractivity contribution in [3.05, 3.63) is 42.2 Å². The van der Waals surface area contributed by atoms with Crippen LogP contribution in [0, 0.1) is 5.92 Å². The molecule has 0 bridgehead atoms. The smallest absolute Gasteiger partial charge is 0.229 e. The first kappa shape index (κ1) is 16.4. The van der Waals surface area contributed by atoms with Crippen LogP contribution in [-0.4, -0.2) is 47.4 Å². The molecule has 1 aliphatic rings. The number of fused-ring (bicyclic) bond motifs is 1. The van der Waals surface area contributed by atoms with Crippen molar-refractivity contribution in [3.8, 4) is 11.5 Å². The maximum atomic E-state index is 12.8. The summed E-state index contributed by atoms with van der Waals surface area (Å²) in [7, 11) is 1.63. The van der Waals surface area contributed by atoms with Crippen LogP contribution in [0.1, 0.15) is 12.5 Å². The van der Waals surface area contributed by atoms with Gasteiger partial charge in [0.15, 0.2) is 0 Å². The fourth-order valence-corrected chi connectivity index (χ4v) is 2.98. The molecular weight excluding hydrogens is 306 g/mol. The van der Waals surface area contributed by atoms with Crippen molar-refractivity contribution in [2.45, 2.75) is 19.9 Å². The molecule has 6 heteroatoms. The standard InChI is InChI=1S/C18H23N3O3/c1-3-20(9-10-21-8-4-7-19-21)18(22)15-11-14-5-6-16(23-2)12-17(14)24-13-15/h4-8,12,15H,3,9-11,13H2,1-2H3/t15-/m0/s1. The van der Waals surface area contributed by atoms with Gasteiger partial charge in [0.1, 0.15) is 18.1 Å². The van der Waals surface area contributed by atoms with Crippen LogP contribution >= 0.6 is 0 Å². The second kappa shape index (κ2) is 7.38. The van der Waals surface area contributed by atoms with Crippen molar-refractivity contribution in [2.24, 2.45) is 5.92 Å². The Kier molecular flexibility index (Phi) is 5.03. The summed E-state index contributed by atoms with van der Waals surface area (Å²) < 4.78 is 12.9. The summed E-state index contributed by atoms with van der Waals surface area (Å²) in [5, 5.41) is 4.18. The zero-order valence-corrected chi connectivity index (χ0v) is 14.1. The van der Waals surface area contributed by atoms with Gasteiger partial charge < -0.3 is 14.4 Å². The topological polar surface area (TPSA) is 56.6 Å². The van der Waals surface area contributed by atoms with Crippen molar-refractivity contribution >= 4 is 5.91 Å². The molecule has 3 rings (SSSR count). The summed E-state index contributed by atoms with van der Waals surface area (Å²) in [5.41, 5.74) is 1.06. The number of ether oxygens (including phenoxy) is 2. The molecule has 1 aromatic carbocycles. The monoisotopic (exact) mass is 329 g/mol. The highest BCUT2D eigenvalue weighted by molar-refractivity contribution is 5.79. The maximum Gasteiger partial charge on any atom is 0.229 e. The van der Waals surface area contributed by atoms with E-state index >= 15 is 0 Å². The number of likely N-dealkylation sites (N-methyl/N-ethyl adjacent to an activating group) is 1. The summed E-state index contributed by atoms with van der Waals surface area (Å²) in [6, 6.07) is 7.65. The van der Waals surface area contributed by atoms with E-state index in [0.29, 0.717) is 32.7 Å². The highest BCUT2D eigenvalue weighted by Crippen LogP contribution is 2.31. The van der Waals surface area contributed by atoms with Gasteiger partial charge >= 0.3 is 0 Å². The third-order valence-electron chi connectivity index (χ3n) is 4.38. The van der Waals surface area contributed by atoms with Gasteiger partial charge in [-0.2, -0.15) is 5.10 Å². The first-order chi connectivity index (χ1) is 11.7. The molecule has 24 heavy (non-hydrogen) atoms. The van der Waals surface area contributed by atoms with Crippen LogP contribution in [0.5, 0.6) is 11.5 Å². The number of aromatic nitrogens is 2. The first-order valence-electron chi connectivity index (χ1n) is 8.27. The van der Waals surface area contributed by atoms with Gasteiger partial charge in [-0.25, -0.2) is 0 Å². The Bertz CT molecular complexity index is 685. The molecular formula is C18H23N3O3. The van der Waals surface area contributed by atoms with Crippen LogP contribution < -0.4 is 9.47 Å². The normalized spacial score (nSPS) is 16.2. The second-order valence-electron chi connectivity index (χ2n) is 5.87. The molecule has 2 heterocycles. The summed E-state index contributed by atoms with van der Waals surface area (Å²) >= 11 is 0. The fourth-order valence-electron chi connectivity index (χ4n) is 2.98. The Balaban J connectivity index is 1.63. The molecule has 1 aromatic heterocycles. The van der Waals surface area contributed by atoms with Gasteiger partial charge in [0.05, 0.1) is 19.6 Å². The highest BCUT2D eigenvalue weighted by Gasteiger charge is 2.29. The molecule has 1 aliphatic heterocycles. The Labute approximate surface area is 142 Å². The Hall–Kier alpha value is -2.50. The summed E-state index contributed by atoms with van der Waals surface area (Å²) in [5.74, 6) is 1.60. The van der Waals surface area contributed by atoms with Gasteiger partial charge in [0.25, 0.3) is 0 Å². The lowest BCUT2D eigenvalue weighted by atomic mass is 9.95. The average Bonchev–Trinajstić information content (AvgIpc) is 3.14. The molecule has 0 fully saturated rings. The van der Waals surface area contributed by atoms with Crippen molar-refractivity contribution in [2.75, 3.05) is 26.8 Å². The van der Waals surface area contributed by atoms with Crippen molar-refractivity contribution < 1.29 is 14.3 Å². The van der Waals surface area contributed by atoms with Gasteiger partial charge in [-0.15, -0.1) is 0 Å². The second-order valence-corrected chi connectivity index (χ2v) is 5.87. The molecule has 0 spiro atoms. The molecule has 128 valence electrons. The van der Waals surface area contributed by atoms with Crippen LogP contribution in [0.4, 0.5) is 0 Å². The van der Waals surface area contributed by atoms with Gasteiger partial charge in [-0.1, -0.05) is 6.07 Å². The first-order valence-corrected chi connectivity index (χ1v) is 8.27. The van der Waals surface area contributed by atoms with E-state index in [1.165, 1.54) is 0 Å². The predicted molar refractivity (Wildman–Crippen MR) is 90.2 cm³/mol. The van der Waals surface area contributed by atoms with E-state index in [-0.39, 0.29) is 11.8 Å². The van der Waals surface area contributed by atoms with Crippen molar-refractivity contribution in [3.63, 3.8) is 0 Å². The zero-order valence-electron chi connectivity index (χ0n) is 14.1. The minimum absolute atomic E-state index is 0.136. The average molecular weight is 329 g/mol. The van der Waals surface area contributed by atoms with Crippen molar-refractivity contribution in [1.29, 1.82) is 0 Å². The molecule has 6 nitrogen and oxygen atoms in total. The minimum atomic E-state index is -0.136. The molecule has 0 unspecified atom stereocenters. The predicted octanol–water partition coefficient (Wildman–Crippen LogP) is 1.99. The third kappa shape index (κ3) is 3.53. The van der Waals surface area contributed by atoms with Gasteiger partial charge in [-0.05, 0) is 31.0 Å². The summed E-state index contributed by atoms with van der Waals surface area (Å²) in [6.45, 7) is 4.46. The van der Waals surface area contributed by atoms with E-state index in [1.54, 1.807) is 13.3 Å². The minimum Gasteiger partial charge on any atom is -0.497 e. The molecule has 0 saturated heterocycles. The van der Waals surface area contributed by atoms with Crippen LogP contribution in [-0.2, 0) is 17.8 Å². The quantitative estimate of drug-likeness (QED) is 0.813. The van der Waals surface area contributed by atoms with E-state index in [9.17, 15) is 4.79 Å². The van der Waals surface area contributed by atoms with E-state index in [0.717, 1.165) is 17.1 Å². The fraction of sp³-hybridized carbons (Fsp3) is 0.444. The Morgan fingerprint density at radius 1 is 1.50 bits per heavy atom. The number of carbonyl (C=O) groups excluding carboxylic acids is 1. The third-order valence-corrected chi connectivity index (χ3v) is 4.38. The molecule has 0 aliphatic carbocycles. The molecule has 1 atom stereocenters. The number of carbonyl (C=O) groups is 1. The van der Waals surface area contributed by atoms with Crippen LogP contribution in [0.25, 0.3) is 0 Å². The molecule has 0 N–H and O–H groups in total. The molecule has 0 radical (unpaired) electrons. The number of nitrogens with zero attached hydrogens (tertiary/aromatic N) is 3. The lowest BCUT2D eigenvalue weighted by Crippen LogP contribution is -2.42. The molecule has 1 amide bonds. The lowest BCUT2D eigenvalue weighted by Gasteiger charge is -2.30. The molecule has 2 aromatic rings. The van der Waals surface area contributed by atoms with Crippen LogP contribution in [0.3, 0.4) is 0 Å². The number of hydrogen-bond acceptors (Lipinski definition) is 4. The number of rotatable bonds is 6. The highest BCUT2D eigenvalue weighted by atomic mass is 16.5. The van der Waals surface area contributed by atoms with Crippen LogP contribution in [0.15, 0.2) is 36.7 Å². The lowest BCUT2D eigenvalue weighted by molar-refractivity contribution is -0.136. The van der Waals surface area contributed by atoms with Crippen LogP contribution in [0.2, 0.25) is 0 Å². The van der Waals surface area contributed by atoms with E-state index in [2.05, 4.69) is 5.10 Å². The Morgan fingerprint density at radius 3 is 3.08 bits per heavy atom. The summed E-state index contributed by atoms with van der Waals surface area (Å²) in [4.78, 5) is 14.7.